The van der Waals surface area contributed by atoms with Gasteiger partial charge in [-0.1, -0.05) is 175 Å². The average Bonchev–Trinajstić information content (AvgIpc) is 3.24. The smallest absolute Gasteiger partial charge is 0.457 e. The third-order valence-electron chi connectivity index (χ3n) is 9.83. The number of likely N-dealkylation sites (N-methyl/N-ethyl adjacent to an activating group) is 1. The second-order valence-electron chi connectivity index (χ2n) is 17.1. The fraction of sp³-hybridized carbons (Fsp3) is 0.648. The van der Waals surface area contributed by atoms with E-state index >= 15 is 0 Å². The van der Waals surface area contributed by atoms with Crippen LogP contribution in [-0.4, -0.2) is 75.6 Å². The average molecular weight is 899 g/mol. The van der Waals surface area contributed by atoms with Crippen LogP contribution in [0.4, 0.5) is 0 Å². The molecule has 0 rings (SSSR count). The second kappa shape index (κ2) is 45.7. The Kier molecular flexibility index (Phi) is 43.7. The molecule has 0 amide bonds. The fourth-order valence-corrected chi connectivity index (χ4v) is 6.84. The number of nitrogens with zero attached hydrogens (tertiary/aromatic N) is 1. The zero-order valence-electron chi connectivity index (χ0n) is 40.8. The predicted octanol–water partition coefficient (Wildman–Crippen LogP) is 15.2. The van der Waals surface area contributed by atoms with Gasteiger partial charge in [0.1, 0.15) is 19.3 Å². The van der Waals surface area contributed by atoms with Crippen molar-refractivity contribution in [3.05, 3.63) is 109 Å². The summed E-state index contributed by atoms with van der Waals surface area (Å²) >= 11 is 0. The van der Waals surface area contributed by atoms with Crippen LogP contribution >= 0.6 is 7.82 Å². The lowest BCUT2D eigenvalue weighted by Crippen LogP contribution is -2.37. The number of phosphoric ester groups is 1. The first kappa shape index (κ1) is 60.2. The van der Waals surface area contributed by atoms with Gasteiger partial charge in [0.2, 0.25) is 0 Å². The van der Waals surface area contributed by atoms with Crippen molar-refractivity contribution in [1.82, 2.24) is 0 Å². The molecule has 8 nitrogen and oxygen atoms in total. The molecule has 0 aliphatic heterocycles. The molecular weight excluding hydrogens is 806 g/mol. The Balaban J connectivity index is 4.24. The molecule has 2 atom stereocenters. The number of phosphoric acid groups is 1. The lowest BCUT2D eigenvalue weighted by atomic mass is 10.1. The maximum absolute atomic E-state index is 12.8. The summed E-state index contributed by atoms with van der Waals surface area (Å²) in [5, 5.41) is 0. The van der Waals surface area contributed by atoms with Crippen LogP contribution in [0.25, 0.3) is 0 Å². The highest BCUT2D eigenvalue weighted by atomic mass is 31.2. The lowest BCUT2D eigenvalue weighted by molar-refractivity contribution is -0.870. The number of carbonyl (C=O) groups is 1. The summed E-state index contributed by atoms with van der Waals surface area (Å²) < 4.78 is 35.1. The molecule has 0 aliphatic carbocycles. The molecule has 0 saturated heterocycles. The normalized spacial score (nSPS) is 14.6. The molecular formula is C54H93NO7P+. The molecule has 0 spiro atoms. The van der Waals surface area contributed by atoms with E-state index in [2.05, 4.69) is 123 Å². The SMILES string of the molecule is CC/C=C\C/C=C\C/C=C\C/C=C\C/C=C\C/C=C\CCCCCCCCC(=O)OC(COCCCCCCCC/C=C\C/C=C\C/C=C\CC)COP(=O)(O)OCC[N+](C)(C)C. The number of unbranched alkanes of at least 4 members (excludes halogenated alkanes) is 12. The first-order chi connectivity index (χ1) is 30.6. The van der Waals surface area contributed by atoms with Gasteiger partial charge in [-0.25, -0.2) is 4.57 Å². The largest absolute Gasteiger partial charge is 0.472 e. The third-order valence-corrected chi connectivity index (χ3v) is 10.8. The molecule has 0 aromatic heterocycles. The van der Waals surface area contributed by atoms with E-state index in [4.69, 9.17) is 18.5 Å². The first-order valence-electron chi connectivity index (χ1n) is 24.6. The second-order valence-corrected chi connectivity index (χ2v) is 18.5. The van der Waals surface area contributed by atoms with Gasteiger partial charge in [0.15, 0.2) is 0 Å². The maximum Gasteiger partial charge on any atom is 0.472 e. The number of hydrogen-bond acceptors (Lipinski definition) is 6. The van der Waals surface area contributed by atoms with Gasteiger partial charge in [-0.3, -0.25) is 13.8 Å². The van der Waals surface area contributed by atoms with Crippen molar-refractivity contribution in [3.63, 3.8) is 0 Å². The van der Waals surface area contributed by atoms with Crippen LogP contribution < -0.4 is 0 Å². The Morgan fingerprint density at radius 1 is 0.492 bits per heavy atom. The number of quaternary nitrogens is 1. The van der Waals surface area contributed by atoms with Crippen molar-refractivity contribution >= 4 is 13.8 Å². The summed E-state index contributed by atoms with van der Waals surface area (Å²) in [7, 11) is 1.63. The van der Waals surface area contributed by atoms with Crippen LogP contribution in [0.2, 0.25) is 0 Å². The Labute approximate surface area is 387 Å². The zero-order valence-corrected chi connectivity index (χ0v) is 41.7. The summed E-state index contributed by atoms with van der Waals surface area (Å²) in [4.78, 5) is 23.0. The summed E-state index contributed by atoms with van der Waals surface area (Å²) in [5.41, 5.74) is 0. The molecule has 0 fully saturated rings. The molecule has 0 aliphatic rings. The van der Waals surface area contributed by atoms with Gasteiger partial charge in [-0.2, -0.15) is 0 Å². The van der Waals surface area contributed by atoms with E-state index in [1.165, 1.54) is 32.1 Å². The highest BCUT2D eigenvalue weighted by Crippen LogP contribution is 2.43. The molecule has 0 bridgehead atoms. The summed E-state index contributed by atoms with van der Waals surface area (Å²) in [6.45, 7) is 5.32. The predicted molar refractivity (Wildman–Crippen MR) is 270 cm³/mol. The van der Waals surface area contributed by atoms with E-state index in [1.54, 1.807) is 0 Å². The van der Waals surface area contributed by atoms with Crippen LogP contribution in [0.15, 0.2) is 109 Å². The topological polar surface area (TPSA) is 91.3 Å². The monoisotopic (exact) mass is 899 g/mol. The number of carbonyl (C=O) groups excluding carboxylic acids is 1. The number of hydrogen-bond donors (Lipinski definition) is 1. The van der Waals surface area contributed by atoms with E-state index in [0.717, 1.165) is 116 Å². The van der Waals surface area contributed by atoms with Crippen molar-refractivity contribution in [2.45, 2.75) is 174 Å². The van der Waals surface area contributed by atoms with E-state index in [1.807, 2.05) is 21.1 Å². The number of allylic oxidation sites excluding steroid dienone is 18. The van der Waals surface area contributed by atoms with Gasteiger partial charge in [-0.15, -0.1) is 0 Å². The molecule has 0 aromatic carbocycles. The van der Waals surface area contributed by atoms with Gasteiger partial charge in [-0.05, 0) is 96.3 Å². The van der Waals surface area contributed by atoms with E-state index in [0.29, 0.717) is 24.1 Å². The summed E-state index contributed by atoms with van der Waals surface area (Å²) in [5.74, 6) is -0.338. The molecule has 2 unspecified atom stereocenters. The zero-order chi connectivity index (χ0) is 46.2. The van der Waals surface area contributed by atoms with Crippen molar-refractivity contribution < 1.29 is 37.3 Å². The fourth-order valence-electron chi connectivity index (χ4n) is 6.10. The van der Waals surface area contributed by atoms with Crippen molar-refractivity contribution in [2.24, 2.45) is 0 Å². The van der Waals surface area contributed by atoms with Gasteiger partial charge in [0.25, 0.3) is 0 Å². The molecule has 360 valence electrons. The Morgan fingerprint density at radius 3 is 1.30 bits per heavy atom. The molecule has 0 radical (unpaired) electrons. The van der Waals surface area contributed by atoms with E-state index in [-0.39, 0.29) is 25.8 Å². The minimum absolute atomic E-state index is 0.0759. The standard InChI is InChI=1S/C54H92NO7P/c1-6-8-10-12-14-16-18-20-22-24-25-26-27-28-29-30-31-32-33-35-37-39-41-43-45-47-54(56)62-53(52-61-63(57,58)60-50-48-55(3,4)5)51-59-49-46-44-42-40-38-36-34-23-21-19-17-15-13-11-9-7-2/h8-11,14-17,20-23,25-26,28-29,31-32,53H,6-7,12-13,18-19,24,27,30,33-52H2,1-5H3/p+1/b10-8-,11-9-,16-14-,17-15-,22-20-,23-21-,26-25-,29-28-,32-31-. The molecule has 9 heteroatoms. The van der Waals surface area contributed by atoms with Crippen LogP contribution in [0, 0.1) is 0 Å². The highest BCUT2D eigenvalue weighted by Gasteiger charge is 2.26. The number of esters is 1. The summed E-state index contributed by atoms with van der Waals surface area (Å²) in [6.07, 6.45) is 64.1. The molecule has 0 saturated carbocycles. The molecule has 63 heavy (non-hydrogen) atoms. The minimum Gasteiger partial charge on any atom is -0.457 e. The van der Waals surface area contributed by atoms with Crippen LogP contribution in [-0.2, 0) is 27.9 Å². The molecule has 0 heterocycles. The number of ether oxygens (including phenoxy) is 2. The Morgan fingerprint density at radius 2 is 0.873 bits per heavy atom. The van der Waals surface area contributed by atoms with Crippen molar-refractivity contribution in [1.29, 1.82) is 0 Å². The number of rotatable bonds is 44. The van der Waals surface area contributed by atoms with Crippen molar-refractivity contribution in [3.8, 4) is 0 Å². The highest BCUT2D eigenvalue weighted by molar-refractivity contribution is 7.47. The van der Waals surface area contributed by atoms with Crippen molar-refractivity contribution in [2.75, 3.05) is 54.1 Å². The lowest BCUT2D eigenvalue weighted by Gasteiger charge is -2.24. The van der Waals surface area contributed by atoms with E-state index in [9.17, 15) is 14.3 Å². The Hall–Kier alpha value is -2.84. The van der Waals surface area contributed by atoms with Gasteiger partial charge in [0, 0.05) is 13.0 Å². The Bertz CT molecular complexity index is 1370. The maximum atomic E-state index is 12.8. The van der Waals surface area contributed by atoms with Crippen LogP contribution in [0.5, 0.6) is 0 Å². The van der Waals surface area contributed by atoms with Crippen LogP contribution in [0.1, 0.15) is 168 Å². The molecule has 0 aromatic rings. The van der Waals surface area contributed by atoms with Crippen LogP contribution in [0.3, 0.4) is 0 Å². The van der Waals surface area contributed by atoms with E-state index < -0.39 is 13.9 Å². The quantitative estimate of drug-likeness (QED) is 0.0214. The van der Waals surface area contributed by atoms with Gasteiger partial charge >= 0.3 is 13.8 Å². The third kappa shape index (κ3) is 50.0. The minimum atomic E-state index is -4.30. The first-order valence-corrected chi connectivity index (χ1v) is 26.1. The van der Waals surface area contributed by atoms with Gasteiger partial charge < -0.3 is 18.9 Å². The summed E-state index contributed by atoms with van der Waals surface area (Å²) in [6, 6.07) is 0. The molecule has 1 N–H and O–H groups in total. The van der Waals surface area contributed by atoms with Gasteiger partial charge in [0.05, 0.1) is 34.4 Å².